The van der Waals surface area contributed by atoms with Gasteiger partial charge in [-0.15, -0.1) is 0 Å². The van der Waals surface area contributed by atoms with E-state index in [9.17, 15) is 0 Å². The second kappa shape index (κ2) is 14.8. The van der Waals surface area contributed by atoms with Crippen molar-refractivity contribution in [2.45, 2.75) is 90.4 Å². The molecule has 0 aromatic heterocycles. The second-order valence-corrected chi connectivity index (χ2v) is 6.70. The van der Waals surface area contributed by atoms with Crippen LogP contribution in [-0.2, 0) is 4.74 Å². The van der Waals surface area contributed by atoms with Crippen molar-refractivity contribution in [2.24, 2.45) is 0 Å². The first-order valence-electron chi connectivity index (χ1n) is 9.73. The average molecular weight is 298 g/mol. The predicted octanol–water partition coefficient (Wildman–Crippen LogP) is 5.41. The van der Waals surface area contributed by atoms with E-state index < -0.39 is 0 Å². The van der Waals surface area contributed by atoms with Gasteiger partial charge in [0.2, 0.25) is 0 Å². The highest BCUT2D eigenvalue weighted by Gasteiger charge is 2.07. The zero-order valence-electron chi connectivity index (χ0n) is 14.6. The van der Waals surface area contributed by atoms with Gasteiger partial charge in [-0.05, 0) is 32.4 Å². The third-order valence-corrected chi connectivity index (χ3v) is 4.64. The van der Waals surface area contributed by atoms with E-state index in [-0.39, 0.29) is 0 Å². The van der Waals surface area contributed by atoms with Crippen molar-refractivity contribution in [3.8, 4) is 0 Å². The zero-order chi connectivity index (χ0) is 15.0. The standard InChI is InChI=1S/C19H39NO/c1-2-3-4-5-6-7-8-11-14-18-21-19-17-20-15-12-9-10-13-16-20/h2-19H2,1H3. The van der Waals surface area contributed by atoms with Gasteiger partial charge in [-0.3, -0.25) is 0 Å². The van der Waals surface area contributed by atoms with Gasteiger partial charge >= 0.3 is 0 Å². The first-order valence-corrected chi connectivity index (χ1v) is 9.73. The van der Waals surface area contributed by atoms with Crippen LogP contribution in [-0.4, -0.2) is 37.7 Å². The number of ether oxygens (including phenoxy) is 1. The van der Waals surface area contributed by atoms with Crippen LogP contribution in [0.5, 0.6) is 0 Å². The van der Waals surface area contributed by atoms with Gasteiger partial charge in [0.1, 0.15) is 0 Å². The molecule has 0 radical (unpaired) electrons. The summed E-state index contributed by atoms with van der Waals surface area (Å²) in [6.07, 6.45) is 18.2. The Hall–Kier alpha value is -0.0800. The molecule has 126 valence electrons. The number of hydrogen-bond donors (Lipinski definition) is 0. The van der Waals surface area contributed by atoms with Crippen molar-refractivity contribution >= 4 is 0 Å². The molecular formula is C19H39NO. The van der Waals surface area contributed by atoms with Crippen LogP contribution in [0.4, 0.5) is 0 Å². The summed E-state index contributed by atoms with van der Waals surface area (Å²) in [5.41, 5.74) is 0. The molecule has 0 spiro atoms. The average Bonchev–Trinajstić information content (AvgIpc) is 2.77. The van der Waals surface area contributed by atoms with E-state index in [1.54, 1.807) is 0 Å². The van der Waals surface area contributed by atoms with Crippen molar-refractivity contribution in [1.82, 2.24) is 4.90 Å². The molecule has 0 bridgehead atoms. The van der Waals surface area contributed by atoms with Gasteiger partial charge in [0.25, 0.3) is 0 Å². The van der Waals surface area contributed by atoms with E-state index >= 15 is 0 Å². The summed E-state index contributed by atoms with van der Waals surface area (Å²) in [4.78, 5) is 2.59. The molecule has 2 heteroatoms. The highest BCUT2D eigenvalue weighted by Crippen LogP contribution is 2.10. The number of unbranched alkanes of at least 4 members (excludes halogenated alkanes) is 8. The van der Waals surface area contributed by atoms with Crippen LogP contribution in [0.15, 0.2) is 0 Å². The fourth-order valence-corrected chi connectivity index (χ4v) is 3.17. The van der Waals surface area contributed by atoms with E-state index in [1.807, 2.05) is 0 Å². The molecule has 0 aromatic carbocycles. The van der Waals surface area contributed by atoms with Gasteiger partial charge in [0.15, 0.2) is 0 Å². The SMILES string of the molecule is CCCCCCCCCCCOCCN1CCCCCC1. The summed E-state index contributed by atoms with van der Waals surface area (Å²) in [5.74, 6) is 0. The first kappa shape index (κ1) is 19.0. The Morgan fingerprint density at radius 3 is 1.86 bits per heavy atom. The van der Waals surface area contributed by atoms with Crippen molar-refractivity contribution in [3.05, 3.63) is 0 Å². The molecule has 0 aromatic rings. The van der Waals surface area contributed by atoms with Gasteiger partial charge in [-0.25, -0.2) is 0 Å². The van der Waals surface area contributed by atoms with Gasteiger partial charge in [0, 0.05) is 13.2 Å². The monoisotopic (exact) mass is 297 g/mol. The maximum Gasteiger partial charge on any atom is 0.0593 e. The molecule has 0 unspecified atom stereocenters. The molecule has 1 heterocycles. The summed E-state index contributed by atoms with van der Waals surface area (Å²) in [5, 5.41) is 0. The van der Waals surface area contributed by atoms with Crippen LogP contribution in [0.2, 0.25) is 0 Å². The van der Waals surface area contributed by atoms with Crippen LogP contribution < -0.4 is 0 Å². The quantitative estimate of drug-likeness (QED) is 0.421. The molecule has 0 saturated carbocycles. The Bertz CT molecular complexity index is 200. The molecule has 1 saturated heterocycles. The van der Waals surface area contributed by atoms with E-state index in [0.29, 0.717) is 0 Å². The lowest BCUT2D eigenvalue weighted by molar-refractivity contribution is 0.102. The largest absolute Gasteiger partial charge is 0.380 e. The molecule has 0 N–H and O–H groups in total. The lowest BCUT2D eigenvalue weighted by Crippen LogP contribution is -2.28. The number of hydrogen-bond acceptors (Lipinski definition) is 2. The first-order chi connectivity index (χ1) is 10.4. The van der Waals surface area contributed by atoms with Crippen LogP contribution >= 0.6 is 0 Å². The summed E-state index contributed by atoms with van der Waals surface area (Å²) in [6.45, 7) is 7.94. The highest BCUT2D eigenvalue weighted by atomic mass is 16.5. The Morgan fingerprint density at radius 2 is 1.24 bits per heavy atom. The Kier molecular flexibility index (Phi) is 13.4. The molecular weight excluding hydrogens is 258 g/mol. The molecule has 1 aliphatic rings. The molecule has 0 atom stereocenters. The van der Waals surface area contributed by atoms with E-state index in [0.717, 1.165) is 19.8 Å². The van der Waals surface area contributed by atoms with Gasteiger partial charge in [0.05, 0.1) is 6.61 Å². The van der Waals surface area contributed by atoms with E-state index in [2.05, 4.69) is 11.8 Å². The van der Waals surface area contributed by atoms with E-state index in [4.69, 9.17) is 4.74 Å². The number of nitrogens with zero attached hydrogens (tertiary/aromatic N) is 1. The number of rotatable bonds is 13. The second-order valence-electron chi connectivity index (χ2n) is 6.70. The molecule has 1 aliphatic heterocycles. The normalized spacial score (nSPS) is 17.0. The summed E-state index contributed by atoms with van der Waals surface area (Å²) < 4.78 is 5.80. The maximum atomic E-state index is 5.80. The molecule has 21 heavy (non-hydrogen) atoms. The minimum atomic E-state index is 0.941. The summed E-state index contributed by atoms with van der Waals surface area (Å²) in [6, 6.07) is 0. The van der Waals surface area contributed by atoms with Crippen LogP contribution in [0.25, 0.3) is 0 Å². The third-order valence-electron chi connectivity index (χ3n) is 4.64. The molecule has 0 aliphatic carbocycles. The fraction of sp³-hybridized carbons (Fsp3) is 1.00. The van der Waals surface area contributed by atoms with Crippen molar-refractivity contribution in [1.29, 1.82) is 0 Å². The van der Waals surface area contributed by atoms with E-state index in [1.165, 1.54) is 96.6 Å². The number of likely N-dealkylation sites (tertiary alicyclic amines) is 1. The van der Waals surface area contributed by atoms with Gasteiger partial charge in [-0.1, -0.05) is 71.1 Å². The highest BCUT2D eigenvalue weighted by molar-refractivity contribution is 4.62. The fourth-order valence-electron chi connectivity index (χ4n) is 3.17. The van der Waals surface area contributed by atoms with Crippen molar-refractivity contribution < 1.29 is 4.74 Å². The van der Waals surface area contributed by atoms with Gasteiger partial charge in [-0.2, -0.15) is 0 Å². The Labute approximate surface area is 133 Å². The predicted molar refractivity (Wildman–Crippen MR) is 93.0 cm³/mol. The summed E-state index contributed by atoms with van der Waals surface area (Å²) in [7, 11) is 0. The van der Waals surface area contributed by atoms with Crippen LogP contribution in [0.3, 0.4) is 0 Å². The lowest BCUT2D eigenvalue weighted by atomic mass is 10.1. The molecule has 2 nitrogen and oxygen atoms in total. The van der Waals surface area contributed by atoms with Gasteiger partial charge < -0.3 is 9.64 Å². The summed E-state index contributed by atoms with van der Waals surface area (Å²) >= 11 is 0. The Morgan fingerprint density at radius 1 is 0.667 bits per heavy atom. The maximum absolute atomic E-state index is 5.80. The molecule has 0 amide bonds. The van der Waals surface area contributed by atoms with Crippen molar-refractivity contribution in [3.63, 3.8) is 0 Å². The Balaban J connectivity index is 1.74. The zero-order valence-corrected chi connectivity index (χ0v) is 14.6. The minimum absolute atomic E-state index is 0.941. The van der Waals surface area contributed by atoms with Crippen molar-refractivity contribution in [2.75, 3.05) is 32.8 Å². The smallest absolute Gasteiger partial charge is 0.0593 e. The minimum Gasteiger partial charge on any atom is -0.380 e. The lowest BCUT2D eigenvalue weighted by Gasteiger charge is -2.19. The molecule has 1 rings (SSSR count). The third kappa shape index (κ3) is 12.2. The van der Waals surface area contributed by atoms with Crippen LogP contribution in [0.1, 0.15) is 90.4 Å². The van der Waals surface area contributed by atoms with Crippen LogP contribution in [0, 0.1) is 0 Å². The molecule has 1 fully saturated rings. The topological polar surface area (TPSA) is 12.5 Å².